The number of rotatable bonds is 2. The lowest BCUT2D eigenvalue weighted by molar-refractivity contribution is 0.606. The van der Waals surface area contributed by atoms with Crippen LogP contribution in [0.25, 0.3) is 10.2 Å². The molecule has 0 bridgehead atoms. The summed E-state index contributed by atoms with van der Waals surface area (Å²) in [4.78, 5) is 4.28. The van der Waals surface area contributed by atoms with Gasteiger partial charge in [-0.25, -0.2) is 4.98 Å². The third kappa shape index (κ3) is 7.37. The maximum Gasteiger partial charge on any atom is 0.131 e. The second-order valence-corrected chi connectivity index (χ2v) is 7.20. The molecule has 2 aromatic rings. The molecule has 0 radical (unpaired) electrons. The van der Waals surface area contributed by atoms with Gasteiger partial charge in [0.05, 0.1) is 26.9 Å². The molecule has 25 heavy (non-hydrogen) atoms. The molecule has 3 rings (SSSR count). The number of nitrogens with two attached hydrogens (primary N) is 1. The zero-order chi connectivity index (χ0) is 18.7. The molecular weight excluding hydrogens is 418 g/mol. The maximum absolute atomic E-state index is 5.96. The van der Waals surface area contributed by atoms with E-state index in [2.05, 4.69) is 50.2 Å². The van der Waals surface area contributed by atoms with E-state index in [1.807, 2.05) is 32.2 Å². The smallest absolute Gasteiger partial charge is 0.131 e. The number of thiophene rings is 1. The van der Waals surface area contributed by atoms with Gasteiger partial charge in [-0.1, -0.05) is 43.5 Å². The Balaban J connectivity index is 0.000000290. The third-order valence-electron chi connectivity index (χ3n) is 3.30. The third-order valence-corrected chi connectivity index (χ3v) is 5.41. The van der Waals surface area contributed by atoms with Crippen LogP contribution in [0.1, 0.15) is 40.0 Å². The van der Waals surface area contributed by atoms with E-state index < -0.39 is 0 Å². The molecule has 0 fully saturated rings. The normalized spacial score (nSPS) is 15.2. The molecule has 0 aliphatic heterocycles. The van der Waals surface area contributed by atoms with Crippen LogP contribution in [0, 0.1) is 11.8 Å². The molecule has 2 aromatic heterocycles. The molecule has 0 unspecified atom stereocenters. The standard InChI is InChI=1S/C11H8BrClN2S.C6H11N.C2H6/c1-2-3-4-14-8-5-9(13)15-10-7(12)6-16-11(8)10;7-6-4-2-1-3-5-6;1-2/h5-6H,4H2,1H3,(H,14,15);1-2,6H,3-5,7H2;1-2H3/t;6-;/m.0./s1. The SMILES string of the molecule is CC.CC#CCNc1cc(Cl)nc2c(Br)csc12.N[C@H]1CC=CCC1. The zero-order valence-corrected chi connectivity index (χ0v) is 18.1. The molecule has 0 saturated heterocycles. The van der Waals surface area contributed by atoms with Crippen LogP contribution in [0.15, 0.2) is 28.1 Å². The van der Waals surface area contributed by atoms with Gasteiger partial charge in [0.15, 0.2) is 0 Å². The zero-order valence-electron chi connectivity index (χ0n) is 14.9. The fourth-order valence-electron chi connectivity index (χ4n) is 2.13. The molecule has 2 heterocycles. The van der Waals surface area contributed by atoms with E-state index in [1.165, 1.54) is 12.8 Å². The molecule has 3 nitrogen and oxygen atoms in total. The van der Waals surface area contributed by atoms with E-state index in [-0.39, 0.29) is 0 Å². The molecule has 0 aromatic carbocycles. The summed E-state index contributed by atoms with van der Waals surface area (Å²) in [6, 6.07) is 2.27. The molecule has 0 spiro atoms. The second kappa shape index (κ2) is 12.3. The van der Waals surface area contributed by atoms with Gasteiger partial charge in [0.1, 0.15) is 5.15 Å². The molecule has 0 saturated carbocycles. The highest BCUT2D eigenvalue weighted by Crippen LogP contribution is 2.35. The van der Waals surface area contributed by atoms with Gasteiger partial charge in [-0.2, -0.15) is 0 Å². The lowest BCUT2D eigenvalue weighted by Crippen LogP contribution is -2.19. The quantitative estimate of drug-likeness (QED) is 0.329. The molecule has 136 valence electrons. The predicted octanol–water partition coefficient (Wildman–Crippen LogP) is 6.23. The summed E-state index contributed by atoms with van der Waals surface area (Å²) in [5.41, 5.74) is 7.46. The van der Waals surface area contributed by atoms with E-state index in [4.69, 9.17) is 17.3 Å². The van der Waals surface area contributed by atoms with E-state index in [0.29, 0.717) is 17.7 Å². The van der Waals surface area contributed by atoms with Crippen molar-refractivity contribution in [2.24, 2.45) is 5.73 Å². The lowest BCUT2D eigenvalue weighted by Gasteiger charge is -2.09. The van der Waals surface area contributed by atoms with Crippen LogP contribution in [0.5, 0.6) is 0 Å². The molecule has 1 aliphatic rings. The first-order chi connectivity index (χ1) is 12.1. The average Bonchev–Trinajstić information content (AvgIpc) is 2.99. The lowest BCUT2D eigenvalue weighted by atomic mass is 10.0. The number of anilines is 1. The highest BCUT2D eigenvalue weighted by Gasteiger charge is 2.09. The Morgan fingerprint density at radius 3 is 2.76 bits per heavy atom. The van der Waals surface area contributed by atoms with E-state index in [1.54, 1.807) is 11.3 Å². The minimum atomic E-state index is 0.449. The number of hydrogen-bond acceptors (Lipinski definition) is 4. The monoisotopic (exact) mass is 441 g/mol. The highest BCUT2D eigenvalue weighted by atomic mass is 79.9. The minimum Gasteiger partial charge on any atom is -0.373 e. The number of halogens is 2. The summed E-state index contributed by atoms with van der Waals surface area (Å²) in [6.07, 6.45) is 7.80. The average molecular weight is 443 g/mol. The van der Waals surface area contributed by atoms with Crippen LogP contribution in [0.2, 0.25) is 5.15 Å². The van der Waals surface area contributed by atoms with Crippen LogP contribution < -0.4 is 11.1 Å². The Bertz CT molecular complexity index is 746. The van der Waals surface area contributed by atoms with Crippen molar-refractivity contribution < 1.29 is 0 Å². The van der Waals surface area contributed by atoms with Crippen LogP contribution in [-0.2, 0) is 0 Å². The van der Waals surface area contributed by atoms with Gasteiger partial charge in [-0.3, -0.25) is 0 Å². The fourth-order valence-corrected chi connectivity index (χ4v) is 3.88. The number of allylic oxidation sites excluding steroid dienone is 1. The number of pyridine rings is 1. The van der Waals surface area contributed by atoms with Gasteiger partial charge >= 0.3 is 0 Å². The van der Waals surface area contributed by atoms with Gasteiger partial charge in [-0.05, 0) is 42.1 Å². The Kier molecular flexibility index (Phi) is 10.8. The van der Waals surface area contributed by atoms with Crippen LogP contribution in [0.4, 0.5) is 5.69 Å². The molecule has 1 atom stereocenters. The van der Waals surface area contributed by atoms with Crippen LogP contribution in [0.3, 0.4) is 0 Å². The molecule has 1 aliphatic carbocycles. The Hall–Kier alpha value is -1.06. The van der Waals surface area contributed by atoms with E-state index in [9.17, 15) is 0 Å². The first kappa shape index (κ1) is 22.0. The summed E-state index contributed by atoms with van der Waals surface area (Å²) >= 11 is 11.0. The van der Waals surface area contributed by atoms with Crippen molar-refractivity contribution >= 4 is 54.8 Å². The summed E-state index contributed by atoms with van der Waals surface area (Å²) in [5, 5.41) is 5.72. The first-order valence-corrected chi connectivity index (χ1v) is 10.4. The molecule has 3 N–H and O–H groups in total. The van der Waals surface area contributed by atoms with Gasteiger partial charge in [-0.15, -0.1) is 17.3 Å². The predicted molar refractivity (Wildman–Crippen MR) is 117 cm³/mol. The van der Waals surface area contributed by atoms with Gasteiger partial charge in [0, 0.05) is 17.5 Å². The van der Waals surface area contributed by atoms with Crippen molar-refractivity contribution in [1.29, 1.82) is 0 Å². The maximum atomic E-state index is 5.96. The van der Waals surface area contributed by atoms with Crippen LogP contribution in [-0.4, -0.2) is 17.6 Å². The van der Waals surface area contributed by atoms with Gasteiger partial charge < -0.3 is 11.1 Å². The van der Waals surface area contributed by atoms with E-state index in [0.717, 1.165) is 26.8 Å². The Morgan fingerprint density at radius 2 is 2.20 bits per heavy atom. The molecular formula is C19H25BrClN3S. The summed E-state index contributed by atoms with van der Waals surface area (Å²) in [6.45, 7) is 6.43. The second-order valence-electron chi connectivity index (χ2n) is 5.08. The number of fused-ring (bicyclic) bond motifs is 1. The van der Waals surface area contributed by atoms with Crippen molar-refractivity contribution in [2.45, 2.75) is 46.1 Å². The van der Waals surface area contributed by atoms with Crippen molar-refractivity contribution in [2.75, 3.05) is 11.9 Å². The Labute approximate surface area is 168 Å². The van der Waals surface area contributed by atoms with E-state index >= 15 is 0 Å². The fraction of sp³-hybridized carbons (Fsp3) is 0.421. The van der Waals surface area contributed by atoms with Gasteiger partial charge in [0.2, 0.25) is 0 Å². The molecule has 0 amide bonds. The minimum absolute atomic E-state index is 0.449. The topological polar surface area (TPSA) is 50.9 Å². The highest BCUT2D eigenvalue weighted by molar-refractivity contribution is 9.10. The number of nitrogens with one attached hydrogen (secondary N) is 1. The number of aromatic nitrogens is 1. The number of hydrogen-bond donors (Lipinski definition) is 2. The van der Waals surface area contributed by atoms with Crippen molar-refractivity contribution in [3.63, 3.8) is 0 Å². The van der Waals surface area contributed by atoms with Crippen molar-refractivity contribution in [1.82, 2.24) is 4.98 Å². The summed E-state index contributed by atoms with van der Waals surface area (Å²) < 4.78 is 2.06. The molecule has 6 heteroatoms. The van der Waals surface area contributed by atoms with Crippen molar-refractivity contribution in [3.05, 3.63) is 33.2 Å². The van der Waals surface area contributed by atoms with Gasteiger partial charge in [0.25, 0.3) is 0 Å². The first-order valence-electron chi connectivity index (χ1n) is 8.39. The largest absolute Gasteiger partial charge is 0.373 e. The van der Waals surface area contributed by atoms with Crippen LogP contribution >= 0.6 is 38.9 Å². The summed E-state index contributed by atoms with van der Waals surface area (Å²) in [5.74, 6) is 5.79. The number of nitrogens with zero attached hydrogens (tertiary/aromatic N) is 1. The Morgan fingerprint density at radius 1 is 1.44 bits per heavy atom. The summed E-state index contributed by atoms with van der Waals surface area (Å²) in [7, 11) is 0. The van der Waals surface area contributed by atoms with Crippen molar-refractivity contribution in [3.8, 4) is 11.8 Å².